The quantitative estimate of drug-likeness (QED) is 0.679. The highest BCUT2D eigenvalue weighted by molar-refractivity contribution is 6.00. The van der Waals surface area contributed by atoms with Crippen molar-refractivity contribution in [2.45, 2.75) is 19.8 Å². The number of carboxylic acids is 1. The second-order valence-corrected chi connectivity index (χ2v) is 6.35. The molecule has 0 spiro atoms. The SMILES string of the molecule is COc1ccc2cc(CCC(=O)Nc3ccccc3C(=O)O)ccc2c1C. The number of amides is 1. The Kier molecular flexibility index (Phi) is 5.41. The molecule has 0 radical (unpaired) electrons. The third-order valence-electron chi connectivity index (χ3n) is 4.60. The summed E-state index contributed by atoms with van der Waals surface area (Å²) in [6, 6.07) is 16.5. The number of fused-ring (bicyclic) bond motifs is 1. The molecule has 5 heteroatoms. The lowest BCUT2D eigenvalue weighted by atomic mass is 10.00. The van der Waals surface area contributed by atoms with Gasteiger partial charge in [0.25, 0.3) is 0 Å². The second kappa shape index (κ2) is 7.91. The van der Waals surface area contributed by atoms with Crippen LogP contribution in [-0.4, -0.2) is 24.1 Å². The predicted molar refractivity (Wildman–Crippen MR) is 106 cm³/mol. The van der Waals surface area contributed by atoms with Gasteiger partial charge >= 0.3 is 5.97 Å². The fourth-order valence-corrected chi connectivity index (χ4v) is 3.14. The van der Waals surface area contributed by atoms with Crippen molar-refractivity contribution in [3.8, 4) is 5.75 Å². The van der Waals surface area contributed by atoms with Crippen LogP contribution >= 0.6 is 0 Å². The molecular formula is C22H21NO4. The maximum absolute atomic E-state index is 12.2. The van der Waals surface area contributed by atoms with Crippen LogP contribution in [0, 0.1) is 6.92 Å². The van der Waals surface area contributed by atoms with Gasteiger partial charge in [-0.25, -0.2) is 4.79 Å². The van der Waals surface area contributed by atoms with E-state index in [9.17, 15) is 14.7 Å². The van der Waals surface area contributed by atoms with Gasteiger partial charge in [-0.3, -0.25) is 4.79 Å². The highest BCUT2D eigenvalue weighted by atomic mass is 16.5. The van der Waals surface area contributed by atoms with Gasteiger partial charge in [0.15, 0.2) is 0 Å². The predicted octanol–water partition coefficient (Wildman–Crippen LogP) is 4.43. The molecular weight excluding hydrogens is 342 g/mol. The van der Waals surface area contributed by atoms with E-state index < -0.39 is 5.97 Å². The van der Waals surface area contributed by atoms with E-state index in [0.29, 0.717) is 12.1 Å². The third-order valence-corrected chi connectivity index (χ3v) is 4.60. The van der Waals surface area contributed by atoms with Gasteiger partial charge in [0, 0.05) is 6.42 Å². The first-order chi connectivity index (χ1) is 13.0. The van der Waals surface area contributed by atoms with Crippen LogP contribution < -0.4 is 10.1 Å². The number of rotatable bonds is 6. The highest BCUT2D eigenvalue weighted by Gasteiger charge is 2.12. The first-order valence-corrected chi connectivity index (χ1v) is 8.68. The van der Waals surface area contributed by atoms with Gasteiger partial charge in [-0.15, -0.1) is 0 Å². The molecule has 0 aromatic heterocycles. The van der Waals surface area contributed by atoms with Crippen LogP contribution in [0.15, 0.2) is 54.6 Å². The number of aromatic carboxylic acids is 1. The number of carboxylic acid groups (broad SMARTS) is 1. The number of benzene rings is 3. The molecule has 0 unspecified atom stereocenters. The van der Waals surface area contributed by atoms with Crippen LogP contribution in [0.2, 0.25) is 0 Å². The topological polar surface area (TPSA) is 75.6 Å². The number of nitrogens with one attached hydrogen (secondary N) is 1. The minimum atomic E-state index is -1.06. The molecule has 0 aliphatic carbocycles. The van der Waals surface area contributed by atoms with E-state index in [4.69, 9.17) is 4.74 Å². The van der Waals surface area contributed by atoms with Crippen LogP contribution in [0.1, 0.15) is 27.9 Å². The molecule has 2 N–H and O–H groups in total. The summed E-state index contributed by atoms with van der Waals surface area (Å²) in [6.45, 7) is 2.02. The number of carbonyl (C=O) groups is 2. The molecule has 3 aromatic rings. The zero-order valence-corrected chi connectivity index (χ0v) is 15.3. The number of methoxy groups -OCH3 is 1. The van der Waals surface area contributed by atoms with Crippen LogP contribution in [0.5, 0.6) is 5.75 Å². The average Bonchev–Trinajstić information content (AvgIpc) is 2.67. The molecule has 0 saturated carbocycles. The van der Waals surface area contributed by atoms with E-state index in [2.05, 4.69) is 11.4 Å². The van der Waals surface area contributed by atoms with E-state index >= 15 is 0 Å². The molecule has 0 saturated heterocycles. The molecule has 1 amide bonds. The van der Waals surface area contributed by atoms with Gasteiger partial charge in [0.2, 0.25) is 5.91 Å². The Bertz CT molecular complexity index is 1010. The number of hydrogen-bond donors (Lipinski definition) is 2. The van der Waals surface area contributed by atoms with Gasteiger partial charge in [-0.1, -0.05) is 36.4 Å². The van der Waals surface area contributed by atoms with Crippen LogP contribution in [0.4, 0.5) is 5.69 Å². The zero-order valence-electron chi connectivity index (χ0n) is 15.3. The number of carbonyl (C=O) groups excluding carboxylic acids is 1. The lowest BCUT2D eigenvalue weighted by molar-refractivity contribution is -0.116. The zero-order chi connectivity index (χ0) is 19.4. The Morgan fingerprint density at radius 1 is 1.07 bits per heavy atom. The summed E-state index contributed by atoms with van der Waals surface area (Å²) < 4.78 is 5.35. The van der Waals surface area contributed by atoms with Gasteiger partial charge in [-0.05, 0) is 53.4 Å². The number of aryl methyl sites for hydroxylation is 2. The van der Waals surface area contributed by atoms with Gasteiger partial charge < -0.3 is 15.2 Å². The Hall–Kier alpha value is -3.34. The molecule has 3 rings (SSSR count). The largest absolute Gasteiger partial charge is 0.496 e. The lowest BCUT2D eigenvalue weighted by Crippen LogP contribution is -2.15. The van der Waals surface area contributed by atoms with E-state index in [-0.39, 0.29) is 17.9 Å². The Labute approximate surface area is 157 Å². The molecule has 0 heterocycles. The van der Waals surface area contributed by atoms with Crippen molar-refractivity contribution in [3.63, 3.8) is 0 Å². The average molecular weight is 363 g/mol. The number of para-hydroxylation sites is 1. The van der Waals surface area contributed by atoms with E-state index in [1.807, 2.05) is 31.2 Å². The van der Waals surface area contributed by atoms with Gasteiger partial charge in [0.05, 0.1) is 18.4 Å². The molecule has 0 aliphatic rings. The summed E-state index contributed by atoms with van der Waals surface area (Å²) in [6.07, 6.45) is 0.844. The maximum Gasteiger partial charge on any atom is 0.337 e. The smallest absolute Gasteiger partial charge is 0.337 e. The third kappa shape index (κ3) is 4.08. The van der Waals surface area contributed by atoms with Crippen molar-refractivity contribution in [2.75, 3.05) is 12.4 Å². The Morgan fingerprint density at radius 3 is 2.59 bits per heavy atom. The summed E-state index contributed by atoms with van der Waals surface area (Å²) in [4.78, 5) is 23.5. The van der Waals surface area contributed by atoms with E-state index in [0.717, 1.165) is 27.6 Å². The van der Waals surface area contributed by atoms with Crippen LogP contribution in [0.25, 0.3) is 10.8 Å². The van der Waals surface area contributed by atoms with Crippen LogP contribution in [-0.2, 0) is 11.2 Å². The summed E-state index contributed by atoms with van der Waals surface area (Å²) in [5, 5.41) is 14.1. The van der Waals surface area contributed by atoms with Crippen molar-refractivity contribution < 1.29 is 19.4 Å². The number of ether oxygens (including phenoxy) is 1. The number of hydrogen-bond acceptors (Lipinski definition) is 3. The molecule has 3 aromatic carbocycles. The molecule has 0 bridgehead atoms. The second-order valence-electron chi connectivity index (χ2n) is 6.35. The van der Waals surface area contributed by atoms with E-state index in [1.165, 1.54) is 6.07 Å². The molecule has 138 valence electrons. The highest BCUT2D eigenvalue weighted by Crippen LogP contribution is 2.28. The summed E-state index contributed by atoms with van der Waals surface area (Å²) in [7, 11) is 1.66. The first kappa shape index (κ1) is 18.5. The molecule has 0 aliphatic heterocycles. The van der Waals surface area contributed by atoms with Gasteiger partial charge in [0.1, 0.15) is 5.75 Å². The minimum absolute atomic E-state index is 0.0842. The summed E-state index contributed by atoms with van der Waals surface area (Å²) in [5.74, 6) is -0.423. The van der Waals surface area contributed by atoms with Crippen molar-refractivity contribution in [2.24, 2.45) is 0 Å². The van der Waals surface area contributed by atoms with Crippen molar-refractivity contribution in [1.29, 1.82) is 0 Å². The van der Waals surface area contributed by atoms with Crippen molar-refractivity contribution >= 4 is 28.3 Å². The Morgan fingerprint density at radius 2 is 1.85 bits per heavy atom. The monoisotopic (exact) mass is 363 g/mol. The van der Waals surface area contributed by atoms with Crippen molar-refractivity contribution in [1.82, 2.24) is 0 Å². The normalized spacial score (nSPS) is 10.6. The summed E-state index contributed by atoms with van der Waals surface area (Å²) >= 11 is 0. The standard InChI is InChI=1S/C22H21NO4/c1-14-17-10-7-15(13-16(17)9-11-20(14)27-2)8-12-21(24)23-19-6-4-3-5-18(19)22(25)26/h3-7,9-11,13H,8,12H2,1-2H3,(H,23,24)(H,25,26). The van der Waals surface area contributed by atoms with E-state index in [1.54, 1.807) is 25.3 Å². The lowest BCUT2D eigenvalue weighted by Gasteiger charge is -2.10. The molecule has 27 heavy (non-hydrogen) atoms. The fourth-order valence-electron chi connectivity index (χ4n) is 3.14. The molecule has 5 nitrogen and oxygen atoms in total. The maximum atomic E-state index is 12.2. The Balaban J connectivity index is 1.70. The summed E-state index contributed by atoms with van der Waals surface area (Å²) in [5.41, 5.74) is 2.54. The van der Waals surface area contributed by atoms with Gasteiger partial charge in [-0.2, -0.15) is 0 Å². The minimum Gasteiger partial charge on any atom is -0.496 e. The van der Waals surface area contributed by atoms with Crippen LogP contribution in [0.3, 0.4) is 0 Å². The van der Waals surface area contributed by atoms with Crippen molar-refractivity contribution in [3.05, 3.63) is 71.3 Å². The first-order valence-electron chi connectivity index (χ1n) is 8.68. The fraction of sp³-hybridized carbons (Fsp3) is 0.182. The number of anilines is 1. The molecule has 0 atom stereocenters. The molecule has 0 fully saturated rings.